The molecule has 0 aliphatic rings. The second kappa shape index (κ2) is 77.0. The quantitative estimate of drug-likeness (QED) is 0.0222. The van der Waals surface area contributed by atoms with Gasteiger partial charge in [-0.2, -0.15) is 0 Å². The molecular weight excluding hydrogens is 1380 g/mol. The van der Waals surface area contributed by atoms with Crippen LogP contribution in [-0.4, -0.2) is 96.7 Å². The van der Waals surface area contributed by atoms with E-state index in [9.17, 15) is 43.2 Å². The highest BCUT2D eigenvalue weighted by Crippen LogP contribution is 2.45. The van der Waals surface area contributed by atoms with Gasteiger partial charge in [-0.15, -0.1) is 0 Å². The molecule has 17 nitrogen and oxygen atoms in total. The fourth-order valence-corrected chi connectivity index (χ4v) is 15.1. The number of ether oxygens (including phenoxy) is 4. The van der Waals surface area contributed by atoms with Crippen LogP contribution in [-0.2, 0) is 65.4 Å². The number of carbonyl (C=O) groups excluding carboxylic acids is 4. The summed E-state index contributed by atoms with van der Waals surface area (Å²) in [6.45, 7) is 12.0. The highest BCUT2D eigenvalue weighted by molar-refractivity contribution is 7.47. The normalized spacial score (nSPS) is 14.4. The van der Waals surface area contributed by atoms with Crippen LogP contribution < -0.4 is 0 Å². The number of hydrogen-bond donors (Lipinski definition) is 3. The fraction of sp³-hybridized carbons (Fsp3) is 0.954. The summed E-state index contributed by atoms with van der Waals surface area (Å²) in [4.78, 5) is 73.2. The van der Waals surface area contributed by atoms with Gasteiger partial charge in [0, 0.05) is 25.7 Å². The zero-order chi connectivity index (χ0) is 77.9. The molecule has 19 heteroatoms. The predicted octanol–water partition coefficient (Wildman–Crippen LogP) is 26.5. The SMILES string of the molecule is CCCCCCCCCCCCCCCCCCCCCCC(=O)OC[C@H](COP(=O)(O)OC[C@@H](O)COP(=O)(O)OC[C@@H](COC(=O)CCCCCCCCCCC(C)CC)OC(=O)CCCCCCCCCCCC(C)C)OC(=O)CCCCCCCCCCCCCCCCCCCCC(C)CC. The van der Waals surface area contributed by atoms with Crippen molar-refractivity contribution in [3.05, 3.63) is 0 Å². The van der Waals surface area contributed by atoms with Crippen molar-refractivity contribution in [1.82, 2.24) is 0 Å². The van der Waals surface area contributed by atoms with Gasteiger partial charge in [0.1, 0.15) is 19.3 Å². The number of phosphoric acid groups is 2. The van der Waals surface area contributed by atoms with Crippen LogP contribution in [0.2, 0.25) is 0 Å². The van der Waals surface area contributed by atoms with Crippen molar-refractivity contribution in [1.29, 1.82) is 0 Å². The lowest BCUT2D eigenvalue weighted by molar-refractivity contribution is -0.161. The first-order valence-corrected chi connectivity index (χ1v) is 47.9. The Labute approximate surface area is 651 Å². The summed E-state index contributed by atoms with van der Waals surface area (Å²) in [5, 5.41) is 10.7. The van der Waals surface area contributed by atoms with Crippen molar-refractivity contribution in [2.24, 2.45) is 17.8 Å². The van der Waals surface area contributed by atoms with Crippen molar-refractivity contribution in [3.63, 3.8) is 0 Å². The maximum absolute atomic E-state index is 13.2. The van der Waals surface area contributed by atoms with Gasteiger partial charge >= 0.3 is 39.5 Å². The summed E-state index contributed by atoms with van der Waals surface area (Å²) in [5.41, 5.74) is 0. The number of rotatable bonds is 85. The molecule has 0 bridgehead atoms. The van der Waals surface area contributed by atoms with Gasteiger partial charge < -0.3 is 33.8 Å². The second-order valence-electron chi connectivity index (χ2n) is 32.2. The third-order valence-corrected chi connectivity index (χ3v) is 23.0. The number of unbranched alkanes of at least 4 members (excludes halogenated alkanes) is 51. The van der Waals surface area contributed by atoms with Gasteiger partial charge in [-0.25, -0.2) is 9.13 Å². The van der Waals surface area contributed by atoms with Crippen LogP contribution in [0.1, 0.15) is 459 Å². The first kappa shape index (κ1) is 104. The molecule has 0 radical (unpaired) electrons. The van der Waals surface area contributed by atoms with E-state index in [0.717, 1.165) is 108 Å². The van der Waals surface area contributed by atoms with Crippen LogP contribution in [0.3, 0.4) is 0 Å². The van der Waals surface area contributed by atoms with Crippen LogP contribution >= 0.6 is 15.6 Å². The molecule has 0 heterocycles. The van der Waals surface area contributed by atoms with Gasteiger partial charge in [0.25, 0.3) is 0 Å². The third-order valence-electron chi connectivity index (χ3n) is 21.1. The average Bonchev–Trinajstić information content (AvgIpc) is 0.928. The Morgan fingerprint density at radius 3 is 0.717 bits per heavy atom. The van der Waals surface area contributed by atoms with E-state index >= 15 is 0 Å². The van der Waals surface area contributed by atoms with E-state index in [1.807, 2.05) is 0 Å². The van der Waals surface area contributed by atoms with Gasteiger partial charge in [-0.3, -0.25) is 37.3 Å². The minimum Gasteiger partial charge on any atom is -0.462 e. The Bertz CT molecular complexity index is 2050. The zero-order valence-electron chi connectivity index (χ0n) is 69.9. The summed E-state index contributed by atoms with van der Waals surface area (Å²) in [6.07, 6.45) is 68.1. The molecule has 0 aromatic rings. The van der Waals surface area contributed by atoms with Crippen LogP contribution in [0.4, 0.5) is 0 Å². The number of hydrogen-bond acceptors (Lipinski definition) is 15. The van der Waals surface area contributed by atoms with E-state index in [2.05, 4.69) is 48.5 Å². The Morgan fingerprint density at radius 2 is 0.481 bits per heavy atom. The number of esters is 4. The van der Waals surface area contributed by atoms with Gasteiger partial charge in [-0.05, 0) is 43.4 Å². The molecule has 0 rings (SSSR count). The molecule has 0 aromatic carbocycles. The molecule has 0 amide bonds. The molecule has 0 spiro atoms. The minimum absolute atomic E-state index is 0.105. The summed E-state index contributed by atoms with van der Waals surface area (Å²) in [6, 6.07) is 0. The van der Waals surface area contributed by atoms with E-state index in [1.165, 1.54) is 270 Å². The van der Waals surface area contributed by atoms with Gasteiger partial charge in [0.05, 0.1) is 26.4 Å². The molecule has 106 heavy (non-hydrogen) atoms. The molecule has 3 N–H and O–H groups in total. The van der Waals surface area contributed by atoms with E-state index in [-0.39, 0.29) is 25.7 Å². The van der Waals surface area contributed by atoms with E-state index in [0.29, 0.717) is 25.7 Å². The van der Waals surface area contributed by atoms with Crippen LogP contribution in [0.15, 0.2) is 0 Å². The highest BCUT2D eigenvalue weighted by Gasteiger charge is 2.31. The van der Waals surface area contributed by atoms with Crippen molar-refractivity contribution in [2.75, 3.05) is 39.6 Å². The number of phosphoric ester groups is 2. The zero-order valence-corrected chi connectivity index (χ0v) is 71.7. The molecule has 630 valence electrons. The Morgan fingerprint density at radius 1 is 0.274 bits per heavy atom. The Hall–Kier alpha value is -1.94. The molecule has 0 fully saturated rings. The van der Waals surface area contributed by atoms with Gasteiger partial charge in [0.15, 0.2) is 12.2 Å². The summed E-state index contributed by atoms with van der Waals surface area (Å²) in [5.74, 6) is 0.279. The molecule has 0 saturated heterocycles. The maximum atomic E-state index is 13.2. The molecular formula is C87H170O17P2. The largest absolute Gasteiger partial charge is 0.472 e. The Balaban J connectivity index is 5.22. The van der Waals surface area contributed by atoms with Crippen molar-refractivity contribution < 1.29 is 80.2 Å². The van der Waals surface area contributed by atoms with Crippen molar-refractivity contribution >= 4 is 39.5 Å². The number of aliphatic hydroxyl groups is 1. The lowest BCUT2D eigenvalue weighted by Crippen LogP contribution is -2.30. The summed E-state index contributed by atoms with van der Waals surface area (Å²) in [7, 11) is -9.93. The van der Waals surface area contributed by atoms with Gasteiger partial charge in [-0.1, -0.05) is 408 Å². The predicted molar refractivity (Wildman–Crippen MR) is 437 cm³/mol. The average molecular weight is 1550 g/mol. The third kappa shape index (κ3) is 77.4. The highest BCUT2D eigenvalue weighted by atomic mass is 31.2. The first-order chi connectivity index (χ1) is 51.3. The van der Waals surface area contributed by atoms with Crippen molar-refractivity contribution in [2.45, 2.75) is 478 Å². The molecule has 0 aliphatic carbocycles. The lowest BCUT2D eigenvalue weighted by Gasteiger charge is -2.21. The molecule has 0 aliphatic heterocycles. The van der Waals surface area contributed by atoms with E-state index < -0.39 is 97.5 Å². The molecule has 4 unspecified atom stereocenters. The second-order valence-corrected chi connectivity index (χ2v) is 35.1. The topological polar surface area (TPSA) is 237 Å². The summed E-state index contributed by atoms with van der Waals surface area (Å²) >= 11 is 0. The van der Waals surface area contributed by atoms with Gasteiger partial charge in [0.2, 0.25) is 0 Å². The minimum atomic E-state index is -4.97. The van der Waals surface area contributed by atoms with Crippen LogP contribution in [0.5, 0.6) is 0 Å². The maximum Gasteiger partial charge on any atom is 0.472 e. The standard InChI is InChI=1S/C87H170O17P2/c1-8-11-12-13-14-15-16-17-18-19-20-21-25-28-31-34-39-47-54-61-68-84(89)97-74-82(103-86(91)70-63-56-49-40-35-32-29-26-23-22-24-27-30-33-38-45-52-59-66-79(6)9-2)76-101-105(93,94)99-72-81(88)73-100-106(95,96)102-77-83(104-87(92)71-64-57-50-41-36-37-44-51-58-65-78(4)5)75-98-85(90)69-62-55-48-43-42-46-53-60-67-80(7)10-3/h78-83,88H,8-77H2,1-7H3,(H,93,94)(H,95,96)/t79?,80?,81-,82-,83-/m1/s1. The van der Waals surface area contributed by atoms with E-state index in [4.69, 9.17) is 37.0 Å². The molecule has 7 atom stereocenters. The molecule has 0 aromatic heterocycles. The number of carbonyl (C=O) groups is 4. The fourth-order valence-electron chi connectivity index (χ4n) is 13.5. The lowest BCUT2D eigenvalue weighted by atomic mass is 9.99. The smallest absolute Gasteiger partial charge is 0.462 e. The van der Waals surface area contributed by atoms with Crippen molar-refractivity contribution in [3.8, 4) is 0 Å². The Kier molecular flexibility index (Phi) is 75.6. The van der Waals surface area contributed by atoms with E-state index in [1.54, 1.807) is 0 Å². The summed E-state index contributed by atoms with van der Waals surface area (Å²) < 4.78 is 68.9. The first-order valence-electron chi connectivity index (χ1n) is 44.9. The van der Waals surface area contributed by atoms with Crippen LogP contribution in [0, 0.1) is 17.8 Å². The van der Waals surface area contributed by atoms with Crippen LogP contribution in [0.25, 0.3) is 0 Å². The molecule has 0 saturated carbocycles. The number of aliphatic hydroxyl groups excluding tert-OH is 1. The monoisotopic (exact) mass is 1550 g/mol.